The lowest BCUT2D eigenvalue weighted by molar-refractivity contribution is -0.172. The largest absolute Gasteiger partial charge is 0.465 e. The van der Waals surface area contributed by atoms with Crippen LogP contribution in [0.5, 0.6) is 0 Å². The van der Waals surface area contributed by atoms with Crippen molar-refractivity contribution in [3.63, 3.8) is 0 Å². The maximum atomic E-state index is 13.0. The van der Waals surface area contributed by atoms with Gasteiger partial charge in [0.05, 0.1) is 25.9 Å². The Morgan fingerprint density at radius 1 is 1.00 bits per heavy atom. The standard InChI is InChI=1S/C22H27IO8/c1-5-29-20(26)22(21(27)30-6-2,11-7-8-12-31-15(3)24)14-17-13-16(19(25)28-4)9-10-18(17)23/h7-10,13H,5-6,11-12,14H2,1-4H3/b8-7+. The average molecular weight is 546 g/mol. The van der Waals surface area contributed by atoms with Gasteiger partial charge in [-0.05, 0) is 66.6 Å². The monoisotopic (exact) mass is 546 g/mol. The van der Waals surface area contributed by atoms with E-state index in [0.717, 1.165) is 3.57 Å². The lowest BCUT2D eigenvalue weighted by Gasteiger charge is -2.29. The third-order valence-electron chi connectivity index (χ3n) is 4.31. The molecule has 0 aliphatic rings. The van der Waals surface area contributed by atoms with Gasteiger partial charge in [0.25, 0.3) is 0 Å². The smallest absolute Gasteiger partial charge is 0.337 e. The highest BCUT2D eigenvalue weighted by atomic mass is 127. The van der Waals surface area contributed by atoms with E-state index < -0.39 is 29.3 Å². The first kappa shape index (κ1) is 26.6. The van der Waals surface area contributed by atoms with Crippen LogP contribution in [0.15, 0.2) is 30.4 Å². The van der Waals surface area contributed by atoms with Gasteiger partial charge in [0, 0.05) is 16.9 Å². The van der Waals surface area contributed by atoms with Crippen molar-refractivity contribution in [2.75, 3.05) is 26.9 Å². The second-order valence-electron chi connectivity index (χ2n) is 6.48. The van der Waals surface area contributed by atoms with Crippen LogP contribution in [0.4, 0.5) is 0 Å². The molecule has 0 fully saturated rings. The number of carbonyl (C=O) groups is 4. The van der Waals surface area contributed by atoms with Gasteiger partial charge in [0.2, 0.25) is 0 Å². The molecule has 0 amide bonds. The Kier molecular flexibility index (Phi) is 11.2. The van der Waals surface area contributed by atoms with Crippen molar-refractivity contribution in [3.8, 4) is 0 Å². The van der Waals surface area contributed by atoms with Crippen LogP contribution in [0, 0.1) is 8.99 Å². The number of allylic oxidation sites excluding steroid dienone is 1. The van der Waals surface area contributed by atoms with E-state index in [4.69, 9.17) is 18.9 Å². The molecule has 0 N–H and O–H groups in total. The van der Waals surface area contributed by atoms with E-state index in [-0.39, 0.29) is 32.7 Å². The van der Waals surface area contributed by atoms with Gasteiger partial charge in [-0.25, -0.2) is 4.79 Å². The van der Waals surface area contributed by atoms with Crippen LogP contribution in [0.25, 0.3) is 0 Å². The van der Waals surface area contributed by atoms with Gasteiger partial charge < -0.3 is 18.9 Å². The Hall–Kier alpha value is -2.43. The Morgan fingerprint density at radius 3 is 2.13 bits per heavy atom. The fourth-order valence-electron chi connectivity index (χ4n) is 2.80. The lowest BCUT2D eigenvalue weighted by Crippen LogP contribution is -2.44. The number of hydrogen-bond donors (Lipinski definition) is 0. The second-order valence-corrected chi connectivity index (χ2v) is 7.64. The molecule has 1 aromatic carbocycles. The summed E-state index contributed by atoms with van der Waals surface area (Å²) in [5.74, 6) is -2.44. The van der Waals surface area contributed by atoms with Crippen LogP contribution in [-0.4, -0.2) is 50.8 Å². The molecule has 0 unspecified atom stereocenters. The molecule has 170 valence electrons. The maximum absolute atomic E-state index is 13.0. The molecule has 0 atom stereocenters. The van der Waals surface area contributed by atoms with E-state index in [1.807, 2.05) is 0 Å². The Bertz CT molecular complexity index is 813. The van der Waals surface area contributed by atoms with E-state index in [1.165, 1.54) is 14.0 Å². The fraction of sp³-hybridized carbons (Fsp3) is 0.455. The predicted octanol–water partition coefficient (Wildman–Crippen LogP) is 3.24. The molecular weight excluding hydrogens is 519 g/mol. The summed E-state index contributed by atoms with van der Waals surface area (Å²) in [6, 6.07) is 4.90. The summed E-state index contributed by atoms with van der Waals surface area (Å²) in [6.45, 7) is 4.74. The molecule has 0 spiro atoms. The normalized spacial score (nSPS) is 11.1. The van der Waals surface area contributed by atoms with Gasteiger partial charge in [-0.1, -0.05) is 12.2 Å². The predicted molar refractivity (Wildman–Crippen MR) is 120 cm³/mol. The molecule has 8 nitrogen and oxygen atoms in total. The molecule has 0 radical (unpaired) electrons. The van der Waals surface area contributed by atoms with Gasteiger partial charge in [-0.15, -0.1) is 0 Å². The first-order chi connectivity index (χ1) is 14.7. The van der Waals surface area contributed by atoms with Gasteiger partial charge in [-0.2, -0.15) is 0 Å². The maximum Gasteiger partial charge on any atom is 0.337 e. The number of hydrogen-bond acceptors (Lipinski definition) is 8. The van der Waals surface area contributed by atoms with Crippen LogP contribution in [0.3, 0.4) is 0 Å². The molecule has 0 aliphatic carbocycles. The Balaban J connectivity index is 3.41. The molecule has 0 aromatic heterocycles. The van der Waals surface area contributed by atoms with Crippen molar-refractivity contribution in [3.05, 3.63) is 45.0 Å². The van der Waals surface area contributed by atoms with Crippen molar-refractivity contribution in [2.45, 2.75) is 33.6 Å². The zero-order valence-electron chi connectivity index (χ0n) is 18.1. The van der Waals surface area contributed by atoms with Crippen LogP contribution in [-0.2, 0) is 39.8 Å². The minimum Gasteiger partial charge on any atom is -0.465 e. The average Bonchev–Trinajstić information content (AvgIpc) is 2.73. The highest BCUT2D eigenvalue weighted by Crippen LogP contribution is 2.34. The molecule has 0 heterocycles. The zero-order valence-corrected chi connectivity index (χ0v) is 20.2. The van der Waals surface area contributed by atoms with E-state index >= 15 is 0 Å². The molecular formula is C22H27IO8. The topological polar surface area (TPSA) is 105 Å². The minimum atomic E-state index is -1.67. The third-order valence-corrected chi connectivity index (χ3v) is 5.36. The van der Waals surface area contributed by atoms with E-state index in [9.17, 15) is 19.2 Å². The van der Waals surface area contributed by atoms with Crippen LogP contribution in [0.2, 0.25) is 0 Å². The number of benzene rings is 1. The van der Waals surface area contributed by atoms with Crippen molar-refractivity contribution < 1.29 is 38.1 Å². The summed E-state index contributed by atoms with van der Waals surface area (Å²) < 4.78 is 20.8. The quantitative estimate of drug-likeness (QED) is 0.137. The number of esters is 4. The summed E-state index contributed by atoms with van der Waals surface area (Å²) in [5.41, 5.74) is -0.782. The highest BCUT2D eigenvalue weighted by molar-refractivity contribution is 14.1. The van der Waals surface area contributed by atoms with Crippen molar-refractivity contribution >= 4 is 46.5 Å². The molecule has 0 aliphatic heterocycles. The molecule has 1 aromatic rings. The van der Waals surface area contributed by atoms with Crippen LogP contribution < -0.4 is 0 Å². The van der Waals surface area contributed by atoms with Crippen molar-refractivity contribution in [1.29, 1.82) is 0 Å². The van der Waals surface area contributed by atoms with Gasteiger partial charge in [0.15, 0.2) is 5.41 Å². The Morgan fingerprint density at radius 2 is 1.61 bits per heavy atom. The number of ether oxygens (including phenoxy) is 4. The molecule has 31 heavy (non-hydrogen) atoms. The molecule has 0 bridgehead atoms. The Labute approximate surface area is 195 Å². The number of carbonyl (C=O) groups excluding carboxylic acids is 4. The van der Waals surface area contributed by atoms with Crippen LogP contribution in [0.1, 0.15) is 43.1 Å². The van der Waals surface area contributed by atoms with E-state index in [1.54, 1.807) is 44.2 Å². The fourth-order valence-corrected chi connectivity index (χ4v) is 3.33. The van der Waals surface area contributed by atoms with Crippen molar-refractivity contribution in [2.24, 2.45) is 5.41 Å². The number of rotatable bonds is 11. The first-order valence-corrected chi connectivity index (χ1v) is 10.8. The van der Waals surface area contributed by atoms with Gasteiger partial charge in [0.1, 0.15) is 6.61 Å². The number of methoxy groups -OCH3 is 1. The zero-order chi connectivity index (χ0) is 23.4. The molecule has 0 saturated carbocycles. The van der Waals surface area contributed by atoms with Gasteiger partial charge in [-0.3, -0.25) is 14.4 Å². The minimum absolute atomic E-state index is 0.00637. The van der Waals surface area contributed by atoms with Crippen molar-refractivity contribution in [1.82, 2.24) is 0 Å². The molecule has 1 rings (SSSR count). The second kappa shape index (κ2) is 13.1. The molecule has 9 heteroatoms. The summed E-state index contributed by atoms with van der Waals surface area (Å²) in [5, 5.41) is 0. The lowest BCUT2D eigenvalue weighted by atomic mass is 9.78. The van der Waals surface area contributed by atoms with E-state index in [2.05, 4.69) is 22.6 Å². The summed E-state index contributed by atoms with van der Waals surface area (Å²) in [6.07, 6.45) is 3.04. The summed E-state index contributed by atoms with van der Waals surface area (Å²) in [4.78, 5) is 48.9. The number of halogens is 1. The van der Waals surface area contributed by atoms with Gasteiger partial charge >= 0.3 is 23.9 Å². The SMILES string of the molecule is CCOC(=O)C(C/C=C/COC(C)=O)(Cc1cc(C(=O)OC)ccc1I)C(=O)OCC. The molecule has 0 saturated heterocycles. The first-order valence-electron chi connectivity index (χ1n) is 9.71. The van der Waals surface area contributed by atoms with Crippen LogP contribution >= 0.6 is 22.6 Å². The summed E-state index contributed by atoms with van der Waals surface area (Å²) >= 11 is 2.07. The third kappa shape index (κ3) is 7.64. The summed E-state index contributed by atoms with van der Waals surface area (Å²) in [7, 11) is 1.27. The van der Waals surface area contributed by atoms with E-state index in [0.29, 0.717) is 11.1 Å². The highest BCUT2D eigenvalue weighted by Gasteiger charge is 2.48.